The molecule has 1 aromatic rings. The van der Waals surface area contributed by atoms with Crippen LogP contribution in [0.2, 0.25) is 0 Å². The molecule has 3 aliphatic heterocycles. The Labute approximate surface area is 191 Å². The van der Waals surface area contributed by atoms with Gasteiger partial charge in [-0.1, -0.05) is 30.3 Å². The molecule has 0 aromatic heterocycles. The number of para-hydroxylation sites is 1. The predicted octanol–water partition coefficient (Wildman–Crippen LogP) is 5.55. The van der Waals surface area contributed by atoms with Gasteiger partial charge in [0.05, 0.1) is 5.36 Å². The second kappa shape index (κ2) is 7.97. The summed E-state index contributed by atoms with van der Waals surface area (Å²) in [5.41, 5.74) is 3.86. The molecule has 1 aliphatic carbocycles. The van der Waals surface area contributed by atoms with Crippen molar-refractivity contribution in [2.24, 2.45) is 4.99 Å². The van der Waals surface area contributed by atoms with E-state index in [2.05, 4.69) is 41.5 Å². The molecule has 7 heteroatoms. The number of hydrogen-bond acceptors (Lipinski definition) is 3. The van der Waals surface area contributed by atoms with Crippen molar-refractivity contribution in [2.75, 3.05) is 23.8 Å². The second-order valence-corrected chi connectivity index (χ2v) is 8.94. The van der Waals surface area contributed by atoms with Crippen LogP contribution < -0.4 is 15.6 Å². The van der Waals surface area contributed by atoms with Crippen molar-refractivity contribution in [3.8, 4) is 11.1 Å². The van der Waals surface area contributed by atoms with E-state index in [4.69, 9.17) is 4.99 Å². The molecule has 172 valence electrons. The molecule has 0 bridgehead atoms. The van der Waals surface area contributed by atoms with Gasteiger partial charge in [-0.05, 0) is 61.6 Å². The number of rotatable bonds is 3. The molecule has 4 aliphatic rings. The number of allylic oxidation sites excluding steroid dienone is 1. The number of likely N-dealkylation sites (N-methyl/N-ethyl adjacent to an activating group) is 1. The predicted molar refractivity (Wildman–Crippen MR) is 126 cm³/mol. The molecule has 0 amide bonds. The first-order valence-electron chi connectivity index (χ1n) is 11.3. The van der Waals surface area contributed by atoms with Crippen LogP contribution in [0.25, 0.3) is 16.8 Å². The zero-order chi connectivity index (χ0) is 23.3. The molecule has 1 N–H and O–H groups in total. The van der Waals surface area contributed by atoms with E-state index in [1.165, 1.54) is 28.9 Å². The van der Waals surface area contributed by atoms with Gasteiger partial charge in [-0.3, -0.25) is 9.56 Å². The number of fused-ring (bicyclic) bond motifs is 4. The van der Waals surface area contributed by atoms with E-state index in [-0.39, 0.29) is 5.57 Å². The Morgan fingerprint density at radius 3 is 2.64 bits per heavy atom. The first-order valence-corrected chi connectivity index (χ1v) is 11.3. The van der Waals surface area contributed by atoms with Crippen LogP contribution in [0.3, 0.4) is 0 Å². The maximum Gasteiger partial charge on any atom is 0.431 e. The third-order valence-corrected chi connectivity index (χ3v) is 6.96. The fourth-order valence-corrected chi connectivity index (χ4v) is 5.08. The molecule has 2 unspecified atom stereocenters. The molecule has 33 heavy (non-hydrogen) atoms. The number of pyridine rings is 1. The molecular formula is C26H27F3N4. The molecule has 2 atom stereocenters. The summed E-state index contributed by atoms with van der Waals surface area (Å²) in [5.74, 6) is 0.447. The number of alkyl halides is 3. The minimum absolute atomic E-state index is 0.276. The Hall–Kier alpha value is -3.22. The summed E-state index contributed by atoms with van der Waals surface area (Å²) in [6.45, 7) is 3.90. The summed E-state index contributed by atoms with van der Waals surface area (Å²) in [6, 6.07) is 15.8. The van der Waals surface area contributed by atoms with Crippen molar-refractivity contribution in [3.05, 3.63) is 71.2 Å². The largest absolute Gasteiger partial charge is 0.431 e. The molecule has 1 aromatic carbocycles. The highest BCUT2D eigenvalue weighted by molar-refractivity contribution is 5.82. The smallest absolute Gasteiger partial charge is 0.371 e. The Morgan fingerprint density at radius 2 is 1.88 bits per heavy atom. The van der Waals surface area contributed by atoms with Gasteiger partial charge in [0.25, 0.3) is 0 Å². The lowest BCUT2D eigenvalue weighted by molar-refractivity contribution is -0.0745. The molecule has 0 radical (unpaired) electrons. The summed E-state index contributed by atoms with van der Waals surface area (Å²) in [7, 11) is 2.11. The van der Waals surface area contributed by atoms with E-state index in [1.54, 1.807) is 13.0 Å². The molecule has 5 rings (SSSR count). The summed E-state index contributed by atoms with van der Waals surface area (Å²) in [4.78, 5) is 7.16. The highest BCUT2D eigenvalue weighted by Crippen LogP contribution is 2.41. The van der Waals surface area contributed by atoms with Crippen LogP contribution in [0.15, 0.2) is 65.3 Å². The van der Waals surface area contributed by atoms with Gasteiger partial charge in [0.2, 0.25) is 0 Å². The van der Waals surface area contributed by atoms with Crippen LogP contribution in [0.1, 0.15) is 25.8 Å². The third-order valence-electron chi connectivity index (χ3n) is 6.96. The highest BCUT2D eigenvalue weighted by Gasteiger charge is 2.41. The van der Waals surface area contributed by atoms with Gasteiger partial charge in [0, 0.05) is 43.1 Å². The fourth-order valence-electron chi connectivity index (χ4n) is 5.08. The van der Waals surface area contributed by atoms with Gasteiger partial charge < -0.3 is 10.2 Å². The maximum atomic E-state index is 13.9. The van der Waals surface area contributed by atoms with E-state index in [0.717, 1.165) is 29.3 Å². The van der Waals surface area contributed by atoms with E-state index in [0.29, 0.717) is 18.4 Å². The number of benzene rings is 2. The molecule has 3 heterocycles. The molecule has 0 spiro atoms. The lowest BCUT2D eigenvalue weighted by Crippen LogP contribution is -2.33. The van der Waals surface area contributed by atoms with Crippen LogP contribution in [0.5, 0.6) is 0 Å². The Bertz CT molecular complexity index is 1270. The van der Waals surface area contributed by atoms with Crippen LogP contribution in [0.4, 0.5) is 24.7 Å². The monoisotopic (exact) mass is 452 g/mol. The zero-order valence-electron chi connectivity index (χ0n) is 18.9. The number of nitrogens with zero attached hydrogens (tertiary/aromatic N) is 3. The van der Waals surface area contributed by atoms with Crippen molar-refractivity contribution < 1.29 is 13.2 Å². The van der Waals surface area contributed by atoms with Gasteiger partial charge in [0.15, 0.2) is 0 Å². The second-order valence-electron chi connectivity index (χ2n) is 8.94. The molecule has 4 nitrogen and oxygen atoms in total. The Kier molecular flexibility index (Phi) is 5.22. The fraction of sp³-hybridized carbons (Fsp3) is 0.346. The van der Waals surface area contributed by atoms with E-state index < -0.39 is 17.9 Å². The quantitative estimate of drug-likeness (QED) is 0.565. The Morgan fingerprint density at radius 1 is 1.09 bits per heavy atom. The van der Waals surface area contributed by atoms with Crippen molar-refractivity contribution in [1.29, 1.82) is 0 Å². The highest BCUT2D eigenvalue weighted by atomic mass is 19.4. The van der Waals surface area contributed by atoms with Crippen molar-refractivity contribution in [2.45, 2.75) is 44.9 Å². The first-order chi connectivity index (χ1) is 15.8. The minimum Gasteiger partial charge on any atom is -0.371 e. The van der Waals surface area contributed by atoms with Gasteiger partial charge in [-0.15, -0.1) is 0 Å². The number of aromatic nitrogens is 1. The molecule has 0 saturated carbocycles. The number of anilines is 2. The minimum atomic E-state index is -4.44. The average Bonchev–Trinajstić information content (AvgIpc) is 3.09. The van der Waals surface area contributed by atoms with Crippen molar-refractivity contribution in [3.63, 3.8) is 0 Å². The Balaban J connectivity index is 1.51. The standard InChI is InChI=1S/C26H27F3N4/c1-16-17(2)31-25-23-18(12-14-33(25)24(16)26(27,28)29)8-6-9-21(23)30-13-11-20-15-19-7-4-5-10-22(19)32(20)3/h4-10,12,14,17,20,31H,11,13,15H2,1-3H3. The molecule has 0 saturated heterocycles. The lowest BCUT2D eigenvalue weighted by Gasteiger charge is -2.33. The van der Waals surface area contributed by atoms with Gasteiger partial charge in [-0.25, -0.2) is 0 Å². The van der Waals surface area contributed by atoms with Gasteiger partial charge in [-0.2, -0.15) is 13.2 Å². The van der Waals surface area contributed by atoms with E-state index in [1.807, 2.05) is 18.2 Å². The van der Waals surface area contributed by atoms with Gasteiger partial charge in [0.1, 0.15) is 11.5 Å². The van der Waals surface area contributed by atoms with Crippen LogP contribution in [0, 0.1) is 0 Å². The number of halogens is 3. The third kappa shape index (κ3) is 3.69. The summed E-state index contributed by atoms with van der Waals surface area (Å²) in [6.07, 6.45) is -1.08. The van der Waals surface area contributed by atoms with Crippen molar-refractivity contribution >= 4 is 17.2 Å². The summed E-state index contributed by atoms with van der Waals surface area (Å²) in [5, 5.41) is 4.00. The van der Waals surface area contributed by atoms with Crippen LogP contribution >= 0.6 is 0 Å². The summed E-state index contributed by atoms with van der Waals surface area (Å²) >= 11 is 0. The lowest BCUT2D eigenvalue weighted by atomic mass is 9.99. The van der Waals surface area contributed by atoms with Crippen LogP contribution in [-0.2, 0) is 6.42 Å². The van der Waals surface area contributed by atoms with Gasteiger partial charge >= 0.3 is 6.18 Å². The molecule has 0 fully saturated rings. The van der Waals surface area contributed by atoms with E-state index >= 15 is 0 Å². The maximum absolute atomic E-state index is 13.9. The topological polar surface area (TPSA) is 32.6 Å². The van der Waals surface area contributed by atoms with E-state index in [9.17, 15) is 13.2 Å². The van der Waals surface area contributed by atoms with Crippen LogP contribution in [-0.4, -0.2) is 36.4 Å². The SMILES string of the molecule is CC1=C(C(F)(F)F)n2ccc3cccc(=NCCC4Cc5ccccc5N4C)c-3c2NC1C. The molecular weight excluding hydrogens is 425 g/mol. The van der Waals surface area contributed by atoms with Crippen molar-refractivity contribution in [1.82, 2.24) is 4.57 Å². The number of hydrogen-bond donors (Lipinski definition) is 1. The summed E-state index contributed by atoms with van der Waals surface area (Å²) < 4.78 is 43.0. The average molecular weight is 453 g/mol. The zero-order valence-corrected chi connectivity index (χ0v) is 18.9. The number of nitrogens with one attached hydrogen (secondary N) is 1. The normalized spacial score (nSPS) is 20.8. The first kappa shape index (κ1) is 21.6.